The van der Waals surface area contributed by atoms with E-state index < -0.39 is 4.92 Å². The lowest BCUT2D eigenvalue weighted by Crippen LogP contribution is -2.45. The van der Waals surface area contributed by atoms with Gasteiger partial charge in [-0.1, -0.05) is 17.7 Å². The third-order valence-electron chi connectivity index (χ3n) is 5.73. The molecule has 0 bridgehead atoms. The first-order valence-electron chi connectivity index (χ1n) is 10.9. The van der Waals surface area contributed by atoms with Gasteiger partial charge in [0.25, 0.3) is 11.6 Å². The summed E-state index contributed by atoms with van der Waals surface area (Å²) < 4.78 is 1.48. The molecule has 0 atom stereocenters. The normalized spacial score (nSPS) is 13.5. The molecule has 0 radical (unpaired) electrons. The van der Waals surface area contributed by atoms with Gasteiger partial charge in [0.05, 0.1) is 10.6 Å². The molecular weight excluding hydrogens is 422 g/mol. The molecule has 1 aliphatic rings. The molecule has 1 fully saturated rings. The number of rotatable bonds is 6. The monoisotopic (exact) mass is 447 g/mol. The van der Waals surface area contributed by atoms with E-state index in [0.29, 0.717) is 24.5 Å². The second-order valence-electron chi connectivity index (χ2n) is 8.09. The molecule has 0 aliphatic carbocycles. The van der Waals surface area contributed by atoms with Crippen LogP contribution in [0.3, 0.4) is 0 Å². The summed E-state index contributed by atoms with van der Waals surface area (Å²) in [6.45, 7) is 3.32. The Balaban J connectivity index is 1.58. The van der Waals surface area contributed by atoms with Crippen LogP contribution in [-0.4, -0.2) is 51.1 Å². The third-order valence-corrected chi connectivity index (χ3v) is 5.73. The fraction of sp³-hybridized carbons (Fsp3) is 0.292. The molecule has 0 spiro atoms. The van der Waals surface area contributed by atoms with Crippen molar-refractivity contribution in [3.8, 4) is 5.69 Å². The number of hydrogen-bond acceptors (Lipinski definition) is 5. The summed E-state index contributed by atoms with van der Waals surface area (Å²) in [6.07, 6.45) is 4.69. The lowest BCUT2D eigenvalue weighted by atomic mass is 10.1. The van der Waals surface area contributed by atoms with Crippen molar-refractivity contribution in [2.45, 2.75) is 26.2 Å². The third kappa shape index (κ3) is 5.08. The second-order valence-corrected chi connectivity index (χ2v) is 8.09. The average Bonchev–Trinajstić information content (AvgIpc) is 3.34. The number of carbonyl (C=O) groups is 2. The second kappa shape index (κ2) is 9.64. The summed E-state index contributed by atoms with van der Waals surface area (Å²) in [7, 11) is 0. The number of piperidine rings is 1. The number of likely N-dealkylation sites (tertiary alicyclic amines) is 1. The topological polar surface area (TPSA) is 102 Å². The fourth-order valence-corrected chi connectivity index (χ4v) is 3.83. The van der Waals surface area contributed by atoms with Crippen LogP contribution in [0.5, 0.6) is 0 Å². The minimum absolute atomic E-state index is 0.0241. The Morgan fingerprint density at radius 2 is 1.67 bits per heavy atom. The average molecular weight is 447 g/mol. The van der Waals surface area contributed by atoms with Crippen molar-refractivity contribution in [3.05, 3.63) is 82.2 Å². The molecule has 4 rings (SSSR count). The molecule has 9 heteroatoms. The van der Waals surface area contributed by atoms with E-state index in [1.807, 2.05) is 36.1 Å². The Morgan fingerprint density at radius 1 is 1.00 bits per heavy atom. The quantitative estimate of drug-likeness (QED) is 0.423. The zero-order chi connectivity index (χ0) is 23.4. The first-order chi connectivity index (χ1) is 15.9. The van der Waals surface area contributed by atoms with Crippen molar-refractivity contribution >= 4 is 23.2 Å². The number of aromatic nitrogens is 2. The highest BCUT2D eigenvalue weighted by Gasteiger charge is 2.26. The smallest absolute Gasteiger partial charge is 0.279 e. The molecule has 33 heavy (non-hydrogen) atoms. The van der Waals surface area contributed by atoms with Gasteiger partial charge in [-0.05, 0) is 56.5 Å². The molecule has 0 unspecified atom stereocenters. The molecule has 0 saturated carbocycles. The summed E-state index contributed by atoms with van der Waals surface area (Å²) >= 11 is 0. The molecule has 0 N–H and O–H groups in total. The van der Waals surface area contributed by atoms with Crippen molar-refractivity contribution < 1.29 is 14.5 Å². The van der Waals surface area contributed by atoms with Crippen LogP contribution >= 0.6 is 0 Å². The van der Waals surface area contributed by atoms with Gasteiger partial charge in [0.15, 0.2) is 5.69 Å². The zero-order valence-corrected chi connectivity index (χ0v) is 18.4. The highest BCUT2D eigenvalue weighted by molar-refractivity contribution is 6.07. The van der Waals surface area contributed by atoms with Gasteiger partial charge >= 0.3 is 0 Å². The van der Waals surface area contributed by atoms with E-state index in [1.165, 1.54) is 21.7 Å². The number of nitrogens with zero attached hydrogens (tertiary/aromatic N) is 5. The first kappa shape index (κ1) is 22.2. The van der Waals surface area contributed by atoms with Gasteiger partial charge < -0.3 is 4.90 Å². The number of non-ortho nitro benzene ring substituents is 1. The Bertz CT molecular complexity index is 1150. The number of nitro groups is 1. The highest BCUT2D eigenvalue weighted by atomic mass is 16.6. The summed E-state index contributed by atoms with van der Waals surface area (Å²) in [4.78, 5) is 40.1. The van der Waals surface area contributed by atoms with Gasteiger partial charge in [-0.15, -0.1) is 0 Å². The molecule has 170 valence electrons. The Morgan fingerprint density at radius 3 is 2.30 bits per heavy atom. The van der Waals surface area contributed by atoms with Crippen molar-refractivity contribution in [2.24, 2.45) is 0 Å². The maximum absolute atomic E-state index is 13.4. The van der Waals surface area contributed by atoms with Crippen molar-refractivity contribution in [2.75, 3.05) is 24.5 Å². The van der Waals surface area contributed by atoms with E-state index in [4.69, 9.17) is 0 Å². The number of hydrogen-bond donors (Lipinski definition) is 0. The maximum Gasteiger partial charge on any atom is 0.279 e. The van der Waals surface area contributed by atoms with E-state index in [1.54, 1.807) is 24.4 Å². The van der Waals surface area contributed by atoms with Crippen molar-refractivity contribution in [3.63, 3.8) is 0 Å². The predicted octanol–water partition coefficient (Wildman–Crippen LogP) is 3.75. The van der Waals surface area contributed by atoms with Crippen LogP contribution in [0.25, 0.3) is 5.69 Å². The van der Waals surface area contributed by atoms with Crippen LogP contribution in [0.1, 0.15) is 35.3 Å². The lowest BCUT2D eigenvalue weighted by molar-refractivity contribution is -0.384. The highest BCUT2D eigenvalue weighted by Crippen LogP contribution is 2.20. The number of carbonyl (C=O) groups excluding carboxylic acids is 2. The number of benzene rings is 2. The number of anilines is 1. The summed E-state index contributed by atoms with van der Waals surface area (Å²) in [5, 5.41) is 15.2. The molecule has 3 aromatic rings. The Hall–Kier alpha value is -4.01. The predicted molar refractivity (Wildman–Crippen MR) is 124 cm³/mol. The fourth-order valence-electron chi connectivity index (χ4n) is 3.83. The van der Waals surface area contributed by atoms with E-state index in [0.717, 1.165) is 24.8 Å². The van der Waals surface area contributed by atoms with Crippen LogP contribution in [0.4, 0.5) is 11.4 Å². The summed E-state index contributed by atoms with van der Waals surface area (Å²) in [6, 6.07) is 14.9. The Labute approximate surface area is 191 Å². The number of nitro benzene ring substituents is 1. The number of aryl methyl sites for hydroxylation is 1. The van der Waals surface area contributed by atoms with E-state index in [-0.39, 0.29) is 29.7 Å². The van der Waals surface area contributed by atoms with Gasteiger partial charge in [0.2, 0.25) is 5.91 Å². The minimum Gasteiger partial charge on any atom is -0.341 e. The molecule has 1 aromatic heterocycles. The van der Waals surface area contributed by atoms with Gasteiger partial charge in [-0.3, -0.25) is 24.6 Å². The largest absolute Gasteiger partial charge is 0.341 e. The van der Waals surface area contributed by atoms with E-state index in [2.05, 4.69) is 5.10 Å². The van der Waals surface area contributed by atoms with Gasteiger partial charge in [0.1, 0.15) is 6.54 Å². The molecule has 1 saturated heterocycles. The summed E-state index contributed by atoms with van der Waals surface area (Å²) in [5.41, 5.74) is 2.42. The van der Waals surface area contributed by atoms with Gasteiger partial charge in [0, 0.05) is 37.1 Å². The van der Waals surface area contributed by atoms with Crippen LogP contribution in [0.15, 0.2) is 60.8 Å². The van der Waals surface area contributed by atoms with Gasteiger partial charge in [-0.2, -0.15) is 5.10 Å². The molecule has 2 heterocycles. The van der Waals surface area contributed by atoms with Crippen molar-refractivity contribution in [1.29, 1.82) is 0 Å². The molecular formula is C24H25N5O4. The number of amides is 2. The first-order valence-corrected chi connectivity index (χ1v) is 10.9. The molecule has 2 amide bonds. The van der Waals surface area contributed by atoms with Crippen LogP contribution in [0.2, 0.25) is 0 Å². The van der Waals surface area contributed by atoms with Gasteiger partial charge in [-0.25, -0.2) is 4.68 Å². The van der Waals surface area contributed by atoms with Crippen LogP contribution in [0, 0.1) is 17.0 Å². The summed E-state index contributed by atoms with van der Waals surface area (Å²) in [5.74, 6) is -0.469. The van der Waals surface area contributed by atoms with Crippen LogP contribution < -0.4 is 4.90 Å². The molecule has 1 aliphatic heterocycles. The molecule has 9 nitrogen and oxygen atoms in total. The lowest BCUT2D eigenvalue weighted by Gasteiger charge is -2.30. The zero-order valence-electron chi connectivity index (χ0n) is 18.4. The van der Waals surface area contributed by atoms with E-state index >= 15 is 0 Å². The van der Waals surface area contributed by atoms with E-state index in [9.17, 15) is 19.7 Å². The standard InChI is InChI=1S/C24H25N5O4/c1-18-5-7-19(8-6-18)27(17-23(30)26-14-3-2-4-15-26)24(31)22-13-16-28(25-22)20-9-11-21(12-10-20)29(32)33/h5-13,16H,2-4,14-15,17H2,1H3. The minimum atomic E-state index is -0.472. The van der Waals surface area contributed by atoms with Crippen molar-refractivity contribution in [1.82, 2.24) is 14.7 Å². The Kier molecular flexibility index (Phi) is 6.48. The maximum atomic E-state index is 13.4. The molecule has 2 aromatic carbocycles. The SMILES string of the molecule is Cc1ccc(N(CC(=O)N2CCCCC2)C(=O)c2ccn(-c3ccc([N+](=O)[O-])cc3)n2)cc1. The van der Waals surface area contributed by atoms with Crippen LogP contribution in [-0.2, 0) is 4.79 Å².